The zero-order chi connectivity index (χ0) is 17.4. The van der Waals surface area contributed by atoms with Crippen molar-refractivity contribution in [1.29, 1.82) is 0 Å². The largest absolute Gasteiger partial charge is 0.507 e. The van der Waals surface area contributed by atoms with Gasteiger partial charge in [-0.25, -0.2) is 0 Å². The van der Waals surface area contributed by atoms with Gasteiger partial charge in [0.05, 0.1) is 12.4 Å². The number of phenols is 2. The van der Waals surface area contributed by atoms with Gasteiger partial charge >= 0.3 is 0 Å². The van der Waals surface area contributed by atoms with E-state index in [1.807, 2.05) is 0 Å². The van der Waals surface area contributed by atoms with Crippen LogP contribution in [0.1, 0.15) is 11.1 Å². The number of hydrogen-bond acceptors (Lipinski definition) is 6. The first-order valence-electron chi connectivity index (χ1n) is 6.87. The van der Waals surface area contributed by atoms with Gasteiger partial charge in [0.15, 0.2) is 11.7 Å². The summed E-state index contributed by atoms with van der Waals surface area (Å²) in [6, 6.07) is 13.3. The smallest absolute Gasteiger partial charge is 0.190 e. The minimum Gasteiger partial charge on any atom is -0.507 e. The van der Waals surface area contributed by atoms with Crippen LogP contribution in [0.25, 0.3) is 0 Å². The van der Waals surface area contributed by atoms with Crippen LogP contribution in [0.15, 0.2) is 68.9 Å². The van der Waals surface area contributed by atoms with E-state index in [0.717, 1.165) is 0 Å². The number of aromatic hydroxyl groups is 2. The van der Waals surface area contributed by atoms with Crippen molar-refractivity contribution in [2.45, 2.75) is 0 Å². The fourth-order valence-electron chi connectivity index (χ4n) is 1.60. The summed E-state index contributed by atoms with van der Waals surface area (Å²) in [5, 5.41) is 34.0. The Morgan fingerprint density at radius 1 is 0.708 bits per heavy atom. The van der Waals surface area contributed by atoms with Gasteiger partial charge in [-0.2, -0.15) is 10.2 Å². The van der Waals surface area contributed by atoms with Crippen molar-refractivity contribution in [2.24, 2.45) is 31.9 Å². The molecule has 6 N–H and O–H groups in total. The molecule has 2 aromatic carbocycles. The van der Waals surface area contributed by atoms with Crippen LogP contribution in [0.5, 0.6) is 11.5 Å². The van der Waals surface area contributed by atoms with Crippen LogP contribution < -0.4 is 11.5 Å². The molecule has 122 valence electrons. The second kappa shape index (κ2) is 8.08. The van der Waals surface area contributed by atoms with E-state index in [1.54, 1.807) is 36.4 Å². The minimum atomic E-state index is -0.129. The van der Waals surface area contributed by atoms with Crippen molar-refractivity contribution in [3.05, 3.63) is 59.7 Å². The molecule has 2 aromatic rings. The van der Waals surface area contributed by atoms with Gasteiger partial charge in [0.2, 0.25) is 0 Å². The second-order valence-electron chi connectivity index (χ2n) is 4.58. The maximum atomic E-state index is 9.57. The molecule has 0 saturated carbocycles. The molecule has 0 heterocycles. The molecule has 8 heteroatoms. The Morgan fingerprint density at radius 3 is 1.46 bits per heavy atom. The molecular formula is C16H16N6O2. The van der Waals surface area contributed by atoms with Gasteiger partial charge in [-0.1, -0.05) is 24.3 Å². The first-order chi connectivity index (χ1) is 11.6. The molecule has 0 unspecified atom stereocenters. The predicted octanol–water partition coefficient (Wildman–Crippen LogP) is 1.18. The van der Waals surface area contributed by atoms with Crippen LogP contribution >= 0.6 is 0 Å². The molecule has 0 atom stereocenters. The van der Waals surface area contributed by atoms with Crippen molar-refractivity contribution < 1.29 is 10.2 Å². The standard InChI is InChI=1S/C16H16N6O2/c17-15(21-19-9-11-5-1-3-7-13(11)23)16(18)22-20-10-12-6-2-4-8-14(12)24/h1-10,23-24H,(H2,17,21)(H2,18,22)/b19-9-,20-10+. The lowest BCUT2D eigenvalue weighted by Gasteiger charge is -1.97. The van der Waals surface area contributed by atoms with E-state index in [0.29, 0.717) is 11.1 Å². The number of amidine groups is 2. The molecule has 0 fully saturated rings. The summed E-state index contributed by atoms with van der Waals surface area (Å²) in [4.78, 5) is 0. The minimum absolute atomic E-state index is 0.0731. The summed E-state index contributed by atoms with van der Waals surface area (Å²) in [6.45, 7) is 0. The lowest BCUT2D eigenvalue weighted by Crippen LogP contribution is -2.30. The molecule has 0 radical (unpaired) electrons. The van der Waals surface area contributed by atoms with Crippen LogP contribution in [0.3, 0.4) is 0 Å². The van der Waals surface area contributed by atoms with Crippen LogP contribution in [0, 0.1) is 0 Å². The van der Waals surface area contributed by atoms with E-state index in [-0.39, 0.29) is 23.2 Å². The third-order valence-electron chi connectivity index (χ3n) is 2.86. The Hall–Kier alpha value is -3.68. The van der Waals surface area contributed by atoms with Crippen LogP contribution in [-0.4, -0.2) is 34.3 Å². The molecule has 8 nitrogen and oxygen atoms in total. The molecule has 0 bridgehead atoms. The van der Waals surface area contributed by atoms with E-state index in [4.69, 9.17) is 11.5 Å². The van der Waals surface area contributed by atoms with Crippen LogP contribution in [0.2, 0.25) is 0 Å². The topological polar surface area (TPSA) is 142 Å². The van der Waals surface area contributed by atoms with E-state index in [9.17, 15) is 10.2 Å². The van der Waals surface area contributed by atoms with E-state index in [1.165, 1.54) is 24.6 Å². The maximum absolute atomic E-state index is 9.57. The first-order valence-corrected chi connectivity index (χ1v) is 6.87. The van der Waals surface area contributed by atoms with Crippen molar-refractivity contribution in [1.82, 2.24) is 0 Å². The molecule has 0 aliphatic heterocycles. The molecule has 0 aliphatic carbocycles. The van der Waals surface area contributed by atoms with Gasteiger partial charge in [0.1, 0.15) is 11.5 Å². The normalized spacial score (nSPS) is 13.0. The van der Waals surface area contributed by atoms with E-state index >= 15 is 0 Å². The van der Waals surface area contributed by atoms with Crippen molar-refractivity contribution in [3.8, 4) is 11.5 Å². The van der Waals surface area contributed by atoms with E-state index in [2.05, 4.69) is 20.4 Å². The van der Waals surface area contributed by atoms with Gasteiger partial charge in [-0.3, -0.25) is 0 Å². The highest BCUT2D eigenvalue weighted by Gasteiger charge is 1.99. The Kier molecular flexibility index (Phi) is 5.62. The fraction of sp³-hybridized carbons (Fsp3) is 0. The number of benzene rings is 2. The number of rotatable bonds is 4. The summed E-state index contributed by atoms with van der Waals surface area (Å²) in [6.07, 6.45) is 2.67. The molecular weight excluding hydrogens is 308 g/mol. The Bertz CT molecular complexity index is 757. The zero-order valence-electron chi connectivity index (χ0n) is 12.6. The van der Waals surface area contributed by atoms with Gasteiger partial charge in [-0.05, 0) is 24.3 Å². The van der Waals surface area contributed by atoms with Crippen LogP contribution in [0.4, 0.5) is 0 Å². The van der Waals surface area contributed by atoms with Gasteiger partial charge < -0.3 is 21.7 Å². The highest BCUT2D eigenvalue weighted by Crippen LogP contribution is 2.13. The lowest BCUT2D eigenvalue weighted by atomic mass is 10.2. The van der Waals surface area contributed by atoms with Gasteiger partial charge in [0, 0.05) is 11.1 Å². The number of hydrogen-bond donors (Lipinski definition) is 4. The molecule has 0 aliphatic rings. The predicted molar refractivity (Wildman–Crippen MR) is 94.6 cm³/mol. The summed E-state index contributed by atoms with van der Waals surface area (Å²) in [5.41, 5.74) is 12.2. The number of nitrogens with zero attached hydrogens (tertiary/aromatic N) is 4. The van der Waals surface area contributed by atoms with Crippen molar-refractivity contribution in [3.63, 3.8) is 0 Å². The number of nitrogens with two attached hydrogens (primary N) is 2. The fourth-order valence-corrected chi connectivity index (χ4v) is 1.60. The lowest BCUT2D eigenvalue weighted by molar-refractivity contribution is 0.474. The molecule has 24 heavy (non-hydrogen) atoms. The summed E-state index contributed by atoms with van der Waals surface area (Å²) in [7, 11) is 0. The van der Waals surface area contributed by atoms with Crippen LogP contribution in [-0.2, 0) is 0 Å². The number of phenolic OH excluding ortho intramolecular Hbond substituents is 2. The molecule has 2 rings (SSSR count). The zero-order valence-corrected chi connectivity index (χ0v) is 12.6. The molecule has 0 spiro atoms. The first kappa shape index (κ1) is 16.7. The maximum Gasteiger partial charge on any atom is 0.190 e. The third-order valence-corrected chi connectivity index (χ3v) is 2.86. The molecule has 0 aromatic heterocycles. The summed E-state index contributed by atoms with van der Waals surface area (Å²) < 4.78 is 0. The third kappa shape index (κ3) is 4.67. The second-order valence-corrected chi connectivity index (χ2v) is 4.58. The highest BCUT2D eigenvalue weighted by molar-refractivity contribution is 6.39. The van der Waals surface area contributed by atoms with Gasteiger partial charge in [0.25, 0.3) is 0 Å². The molecule has 0 saturated heterocycles. The Balaban J connectivity index is 2.04. The van der Waals surface area contributed by atoms with Crippen molar-refractivity contribution >= 4 is 24.1 Å². The Morgan fingerprint density at radius 2 is 1.08 bits per heavy atom. The summed E-state index contributed by atoms with van der Waals surface area (Å²) in [5.74, 6) is -0.111. The van der Waals surface area contributed by atoms with E-state index < -0.39 is 0 Å². The highest BCUT2D eigenvalue weighted by atomic mass is 16.3. The average Bonchev–Trinajstić information content (AvgIpc) is 2.58. The van der Waals surface area contributed by atoms with Gasteiger partial charge in [-0.15, -0.1) is 10.2 Å². The monoisotopic (exact) mass is 324 g/mol. The molecule has 0 amide bonds. The van der Waals surface area contributed by atoms with Crippen molar-refractivity contribution in [2.75, 3.05) is 0 Å². The SMILES string of the molecule is NC(=N/N=C\c1ccccc1O)C(N)=N/N=C/c1ccccc1O. The quantitative estimate of drug-likeness (QED) is 0.380. The summed E-state index contributed by atoms with van der Waals surface area (Å²) >= 11 is 0. The number of para-hydroxylation sites is 2. The Labute approximate surface area is 138 Å². The average molecular weight is 324 g/mol.